The first-order valence-electron chi connectivity index (χ1n) is 6.37. The summed E-state index contributed by atoms with van der Waals surface area (Å²) in [5.41, 5.74) is 0. The minimum atomic E-state index is -0.200. The summed E-state index contributed by atoms with van der Waals surface area (Å²) >= 11 is 1.40. The highest BCUT2D eigenvalue weighted by Crippen LogP contribution is 2.39. The van der Waals surface area contributed by atoms with Crippen molar-refractivity contribution in [1.29, 1.82) is 0 Å². The highest BCUT2D eigenvalue weighted by molar-refractivity contribution is 7.99. The maximum atomic E-state index is 11.5. The van der Waals surface area contributed by atoms with Crippen molar-refractivity contribution in [3.8, 4) is 0 Å². The van der Waals surface area contributed by atoms with Crippen LogP contribution in [0.1, 0.15) is 45.4 Å². The summed E-state index contributed by atoms with van der Waals surface area (Å²) in [4.78, 5) is 11.5. The summed E-state index contributed by atoms with van der Waals surface area (Å²) in [7, 11) is 0. The molecule has 5 nitrogen and oxygen atoms in total. The van der Waals surface area contributed by atoms with Gasteiger partial charge in [-0.3, -0.25) is 4.79 Å². The van der Waals surface area contributed by atoms with Crippen LogP contribution >= 0.6 is 11.8 Å². The molecule has 0 bridgehead atoms. The Balaban J connectivity index is 1.94. The number of rotatable bonds is 6. The first kappa shape index (κ1) is 13.4. The Morgan fingerprint density at radius 2 is 2.22 bits per heavy atom. The van der Waals surface area contributed by atoms with E-state index < -0.39 is 0 Å². The van der Waals surface area contributed by atoms with Gasteiger partial charge in [0.25, 0.3) is 0 Å². The van der Waals surface area contributed by atoms with Crippen LogP contribution in [0.4, 0.5) is 0 Å². The minimum absolute atomic E-state index is 0.0656. The van der Waals surface area contributed by atoms with Gasteiger partial charge in [0, 0.05) is 12.5 Å². The fourth-order valence-corrected chi connectivity index (χ4v) is 2.56. The molecule has 0 saturated heterocycles. The van der Waals surface area contributed by atoms with Crippen molar-refractivity contribution in [2.45, 2.75) is 57.3 Å². The molecule has 0 aliphatic heterocycles. The van der Waals surface area contributed by atoms with E-state index in [0.717, 1.165) is 17.5 Å². The van der Waals surface area contributed by atoms with Gasteiger partial charge in [-0.15, -0.1) is 10.2 Å². The number of carbonyl (C=O) groups is 1. The molecule has 1 saturated carbocycles. The quantitative estimate of drug-likeness (QED) is 0.585. The highest BCUT2D eigenvalue weighted by Gasteiger charge is 2.30. The van der Waals surface area contributed by atoms with Gasteiger partial charge in [-0.2, -0.15) is 0 Å². The first-order chi connectivity index (χ1) is 8.61. The Morgan fingerprint density at radius 3 is 2.78 bits per heavy atom. The van der Waals surface area contributed by atoms with Gasteiger partial charge in [0.15, 0.2) is 5.16 Å². The van der Waals surface area contributed by atoms with Gasteiger partial charge in [0.1, 0.15) is 5.82 Å². The lowest BCUT2D eigenvalue weighted by Gasteiger charge is -2.08. The smallest absolute Gasteiger partial charge is 0.316 e. The zero-order chi connectivity index (χ0) is 13.1. The Labute approximate surface area is 111 Å². The van der Waals surface area contributed by atoms with Crippen molar-refractivity contribution >= 4 is 17.7 Å². The van der Waals surface area contributed by atoms with E-state index in [-0.39, 0.29) is 12.1 Å². The van der Waals surface area contributed by atoms with Crippen LogP contribution in [0.2, 0.25) is 0 Å². The number of carbonyl (C=O) groups excluding carboxylic acids is 1. The van der Waals surface area contributed by atoms with Crippen LogP contribution in [-0.2, 0) is 16.1 Å². The fraction of sp³-hybridized carbons (Fsp3) is 0.750. The number of aromatic nitrogens is 3. The molecule has 1 aliphatic carbocycles. The van der Waals surface area contributed by atoms with Gasteiger partial charge in [-0.1, -0.05) is 11.8 Å². The molecular weight excluding hydrogens is 250 g/mol. The first-order valence-corrected chi connectivity index (χ1v) is 7.35. The molecule has 0 atom stereocenters. The van der Waals surface area contributed by atoms with E-state index in [4.69, 9.17) is 4.74 Å². The average molecular weight is 269 g/mol. The molecule has 18 heavy (non-hydrogen) atoms. The van der Waals surface area contributed by atoms with E-state index in [0.29, 0.717) is 11.7 Å². The molecule has 6 heteroatoms. The standard InChI is InChI=1S/C12H19N3O2S/c1-4-15-11(9-5-6-9)13-14-12(15)18-7-10(16)17-8(2)3/h8-9H,4-7H2,1-3H3. The maximum Gasteiger partial charge on any atom is 0.316 e. The van der Waals surface area contributed by atoms with Gasteiger partial charge in [0.05, 0.1) is 11.9 Å². The average Bonchev–Trinajstić information content (AvgIpc) is 3.06. The number of hydrogen-bond donors (Lipinski definition) is 0. The zero-order valence-corrected chi connectivity index (χ0v) is 11.9. The van der Waals surface area contributed by atoms with Crippen LogP contribution < -0.4 is 0 Å². The predicted molar refractivity (Wildman–Crippen MR) is 69.6 cm³/mol. The van der Waals surface area contributed by atoms with Crippen molar-refractivity contribution in [3.63, 3.8) is 0 Å². The second kappa shape index (κ2) is 5.73. The Bertz CT molecular complexity index is 427. The number of thioether (sulfide) groups is 1. The largest absolute Gasteiger partial charge is 0.462 e. The molecule has 0 aromatic carbocycles. The molecule has 1 heterocycles. The fourth-order valence-electron chi connectivity index (χ4n) is 1.77. The van der Waals surface area contributed by atoms with Gasteiger partial charge in [-0.25, -0.2) is 0 Å². The molecule has 100 valence electrons. The maximum absolute atomic E-state index is 11.5. The Morgan fingerprint density at radius 1 is 1.50 bits per heavy atom. The highest BCUT2D eigenvalue weighted by atomic mass is 32.2. The number of ether oxygens (including phenoxy) is 1. The molecule has 1 fully saturated rings. The molecule has 0 radical (unpaired) electrons. The van der Waals surface area contributed by atoms with E-state index in [1.54, 1.807) is 0 Å². The third kappa shape index (κ3) is 3.25. The SMILES string of the molecule is CCn1c(SCC(=O)OC(C)C)nnc1C1CC1. The van der Waals surface area contributed by atoms with Crippen LogP contribution in [-0.4, -0.2) is 32.6 Å². The summed E-state index contributed by atoms with van der Waals surface area (Å²) in [6.07, 6.45) is 2.35. The lowest BCUT2D eigenvalue weighted by Crippen LogP contribution is -2.13. The number of nitrogens with zero attached hydrogens (tertiary/aromatic N) is 3. The molecular formula is C12H19N3O2S. The van der Waals surface area contributed by atoms with Crippen molar-refractivity contribution in [2.75, 3.05) is 5.75 Å². The molecule has 0 spiro atoms. The summed E-state index contributed by atoms with van der Waals surface area (Å²) < 4.78 is 7.20. The van der Waals surface area contributed by atoms with E-state index in [1.807, 2.05) is 13.8 Å². The van der Waals surface area contributed by atoms with Crippen LogP contribution in [0.3, 0.4) is 0 Å². The topological polar surface area (TPSA) is 57.0 Å². The van der Waals surface area contributed by atoms with Crippen LogP contribution in [0.5, 0.6) is 0 Å². The molecule has 0 N–H and O–H groups in total. The second-order valence-corrected chi connectivity index (χ2v) is 5.63. The lowest BCUT2D eigenvalue weighted by molar-refractivity contribution is -0.144. The van der Waals surface area contributed by atoms with Crippen LogP contribution in [0, 0.1) is 0 Å². The molecule has 0 amide bonds. The monoisotopic (exact) mass is 269 g/mol. The summed E-state index contributed by atoms with van der Waals surface area (Å²) in [6, 6.07) is 0. The third-order valence-corrected chi connectivity index (χ3v) is 3.63. The lowest BCUT2D eigenvalue weighted by atomic mass is 10.4. The minimum Gasteiger partial charge on any atom is -0.462 e. The number of esters is 1. The summed E-state index contributed by atoms with van der Waals surface area (Å²) in [6.45, 7) is 6.62. The van der Waals surface area contributed by atoms with Crippen molar-refractivity contribution in [1.82, 2.24) is 14.8 Å². The normalized spacial score (nSPS) is 15.1. The molecule has 1 aliphatic rings. The van der Waals surface area contributed by atoms with Crippen molar-refractivity contribution < 1.29 is 9.53 Å². The van der Waals surface area contributed by atoms with Gasteiger partial charge < -0.3 is 9.30 Å². The predicted octanol–water partition coefficient (Wildman–Crippen LogP) is 2.22. The van der Waals surface area contributed by atoms with E-state index in [2.05, 4.69) is 21.7 Å². The zero-order valence-electron chi connectivity index (χ0n) is 11.0. The van der Waals surface area contributed by atoms with Crippen LogP contribution in [0.25, 0.3) is 0 Å². The molecule has 0 unspecified atom stereocenters. The van der Waals surface area contributed by atoms with E-state index >= 15 is 0 Å². The van der Waals surface area contributed by atoms with Crippen molar-refractivity contribution in [3.05, 3.63) is 5.82 Å². The molecule has 1 aromatic rings. The Hall–Kier alpha value is -1.04. The van der Waals surface area contributed by atoms with E-state index in [9.17, 15) is 4.79 Å². The van der Waals surface area contributed by atoms with Gasteiger partial charge in [-0.05, 0) is 33.6 Å². The van der Waals surface area contributed by atoms with Crippen molar-refractivity contribution in [2.24, 2.45) is 0 Å². The molecule has 2 rings (SSSR count). The molecule has 1 aromatic heterocycles. The third-order valence-electron chi connectivity index (χ3n) is 2.69. The Kier molecular flexibility index (Phi) is 4.27. The van der Waals surface area contributed by atoms with E-state index in [1.165, 1.54) is 24.6 Å². The van der Waals surface area contributed by atoms with Gasteiger partial charge in [0.2, 0.25) is 0 Å². The second-order valence-electron chi connectivity index (χ2n) is 4.69. The summed E-state index contributed by atoms with van der Waals surface area (Å²) in [5, 5.41) is 9.21. The van der Waals surface area contributed by atoms with Gasteiger partial charge >= 0.3 is 5.97 Å². The number of hydrogen-bond acceptors (Lipinski definition) is 5. The van der Waals surface area contributed by atoms with Crippen LogP contribution in [0.15, 0.2) is 5.16 Å². The summed E-state index contributed by atoms with van der Waals surface area (Å²) in [5.74, 6) is 1.74.